The van der Waals surface area contributed by atoms with Crippen molar-refractivity contribution in [1.82, 2.24) is 4.72 Å². The summed E-state index contributed by atoms with van der Waals surface area (Å²) in [6.07, 6.45) is -1.05. The van der Waals surface area contributed by atoms with E-state index in [1.807, 2.05) is 6.92 Å². The maximum atomic E-state index is 11.4. The van der Waals surface area contributed by atoms with Crippen molar-refractivity contribution < 1.29 is 17.9 Å². The largest absolute Gasteiger partial charge is 0.452 e. The molecule has 0 fully saturated rings. The highest BCUT2D eigenvalue weighted by atomic mass is 79.9. The van der Waals surface area contributed by atoms with Gasteiger partial charge in [0.2, 0.25) is 0 Å². The third-order valence-electron chi connectivity index (χ3n) is 1.81. The third kappa shape index (κ3) is 4.23. The molecule has 0 aliphatic rings. The molecule has 0 atom stereocenters. The van der Waals surface area contributed by atoms with Crippen LogP contribution in [-0.2, 0) is 14.9 Å². The van der Waals surface area contributed by atoms with Crippen molar-refractivity contribution in [3.05, 3.63) is 28.2 Å². The van der Waals surface area contributed by atoms with Gasteiger partial charge in [-0.2, -0.15) is 8.42 Å². The Balaban J connectivity index is 2.83. The Hall–Kier alpha value is -1.28. The predicted octanol–water partition coefficient (Wildman–Crippen LogP) is 1.77. The summed E-state index contributed by atoms with van der Waals surface area (Å²) >= 11 is 3.29. The van der Waals surface area contributed by atoms with Crippen LogP contribution in [0.1, 0.15) is 5.56 Å². The van der Waals surface area contributed by atoms with E-state index in [2.05, 4.69) is 25.4 Å². The summed E-state index contributed by atoms with van der Waals surface area (Å²) in [7, 11) is -2.89. The lowest BCUT2D eigenvalue weighted by molar-refractivity contribution is 0.177. The topological polar surface area (TPSA) is 84.5 Å². The highest BCUT2D eigenvalue weighted by molar-refractivity contribution is 9.10. The number of hydrogen-bond donors (Lipinski definition) is 2. The quantitative estimate of drug-likeness (QED) is 0.888. The number of anilines is 1. The van der Waals surface area contributed by atoms with Crippen LogP contribution in [0.5, 0.6) is 0 Å². The molecule has 0 radical (unpaired) electrons. The molecule has 0 saturated carbocycles. The molecule has 0 saturated heterocycles. The zero-order valence-corrected chi connectivity index (χ0v) is 11.6. The molecular formula is C9H11BrN2O4S. The molecule has 1 aromatic rings. The Kier molecular flexibility index (Phi) is 4.35. The molecule has 0 aliphatic heterocycles. The van der Waals surface area contributed by atoms with Crippen molar-refractivity contribution in [3.63, 3.8) is 0 Å². The minimum atomic E-state index is -3.97. The number of benzene rings is 1. The van der Waals surface area contributed by atoms with Crippen LogP contribution in [0.2, 0.25) is 0 Å². The van der Waals surface area contributed by atoms with Gasteiger partial charge in [0.05, 0.1) is 12.8 Å². The summed E-state index contributed by atoms with van der Waals surface area (Å²) in [5.74, 6) is 0. The van der Waals surface area contributed by atoms with Crippen LogP contribution in [-0.4, -0.2) is 21.6 Å². The standard InChI is InChI=1S/C9H11BrN2O4S/c1-6-5-7(3-4-8(6)10)11-17(14,15)12-9(13)16-2/h3-5,11H,1-2H3,(H,12,13). The molecule has 0 aromatic heterocycles. The van der Waals surface area contributed by atoms with Crippen LogP contribution in [0, 0.1) is 6.92 Å². The lowest BCUT2D eigenvalue weighted by Gasteiger charge is -2.09. The molecule has 0 spiro atoms. The molecule has 0 unspecified atom stereocenters. The summed E-state index contributed by atoms with van der Waals surface area (Å²) in [5, 5.41) is 0. The van der Waals surface area contributed by atoms with Gasteiger partial charge in [-0.15, -0.1) is 0 Å². The molecule has 94 valence electrons. The SMILES string of the molecule is COC(=O)NS(=O)(=O)Nc1ccc(Br)c(C)c1. The molecule has 1 amide bonds. The Morgan fingerprint density at radius 2 is 2.06 bits per heavy atom. The smallest absolute Gasteiger partial charge is 0.422 e. The van der Waals surface area contributed by atoms with E-state index in [1.165, 1.54) is 0 Å². The molecule has 1 aromatic carbocycles. The molecule has 0 aliphatic carbocycles. The Bertz CT molecular complexity index is 530. The highest BCUT2D eigenvalue weighted by Gasteiger charge is 2.14. The second-order valence-corrected chi connectivity index (χ2v) is 5.43. The van der Waals surface area contributed by atoms with Crippen LogP contribution in [0.4, 0.5) is 10.5 Å². The number of carbonyl (C=O) groups is 1. The molecular weight excluding hydrogens is 312 g/mol. The Labute approximate surface area is 108 Å². The Morgan fingerprint density at radius 3 is 2.59 bits per heavy atom. The van der Waals surface area contributed by atoms with Crippen LogP contribution in [0.3, 0.4) is 0 Å². The van der Waals surface area contributed by atoms with Gasteiger partial charge in [-0.05, 0) is 30.7 Å². The number of carbonyl (C=O) groups excluding carboxylic acids is 1. The fraction of sp³-hybridized carbons (Fsp3) is 0.222. The van der Waals surface area contributed by atoms with Gasteiger partial charge in [0, 0.05) is 4.47 Å². The van der Waals surface area contributed by atoms with Crippen LogP contribution in [0.25, 0.3) is 0 Å². The van der Waals surface area contributed by atoms with E-state index < -0.39 is 16.3 Å². The molecule has 0 bridgehead atoms. The van der Waals surface area contributed by atoms with E-state index in [0.29, 0.717) is 5.69 Å². The van der Waals surface area contributed by atoms with Crippen molar-refractivity contribution in [1.29, 1.82) is 0 Å². The van der Waals surface area contributed by atoms with Gasteiger partial charge in [-0.1, -0.05) is 15.9 Å². The first-order valence-corrected chi connectivity index (χ1v) is 6.76. The van der Waals surface area contributed by atoms with E-state index in [4.69, 9.17) is 0 Å². The van der Waals surface area contributed by atoms with Gasteiger partial charge in [-0.25, -0.2) is 9.52 Å². The maximum absolute atomic E-state index is 11.4. The van der Waals surface area contributed by atoms with Gasteiger partial charge in [-0.3, -0.25) is 4.72 Å². The number of hydrogen-bond acceptors (Lipinski definition) is 4. The number of methoxy groups -OCH3 is 1. The second-order valence-electron chi connectivity index (χ2n) is 3.16. The molecule has 0 heterocycles. The molecule has 6 nitrogen and oxygen atoms in total. The number of aryl methyl sites for hydroxylation is 1. The van der Waals surface area contributed by atoms with Crippen molar-refractivity contribution in [3.8, 4) is 0 Å². The van der Waals surface area contributed by atoms with Crippen molar-refractivity contribution in [2.24, 2.45) is 0 Å². The number of nitrogens with one attached hydrogen (secondary N) is 2. The lowest BCUT2D eigenvalue weighted by atomic mass is 10.2. The third-order valence-corrected chi connectivity index (χ3v) is 3.64. The zero-order chi connectivity index (χ0) is 13.1. The minimum absolute atomic E-state index is 0.349. The fourth-order valence-electron chi connectivity index (χ4n) is 1.04. The predicted molar refractivity (Wildman–Crippen MR) is 67.0 cm³/mol. The summed E-state index contributed by atoms with van der Waals surface area (Å²) in [5.41, 5.74) is 1.21. The van der Waals surface area contributed by atoms with Crippen LogP contribution < -0.4 is 9.44 Å². The Morgan fingerprint density at radius 1 is 1.41 bits per heavy atom. The molecule has 2 N–H and O–H groups in total. The normalized spacial score (nSPS) is 10.8. The monoisotopic (exact) mass is 322 g/mol. The summed E-state index contributed by atoms with van der Waals surface area (Å²) in [6, 6.07) is 4.89. The first-order chi connectivity index (χ1) is 7.84. The number of rotatable bonds is 3. The van der Waals surface area contributed by atoms with Gasteiger partial charge in [0.15, 0.2) is 0 Å². The van der Waals surface area contributed by atoms with E-state index >= 15 is 0 Å². The van der Waals surface area contributed by atoms with Crippen molar-refractivity contribution in [2.75, 3.05) is 11.8 Å². The summed E-state index contributed by atoms with van der Waals surface area (Å²) in [4.78, 5) is 10.8. The maximum Gasteiger partial charge on any atom is 0.422 e. The average Bonchev–Trinajstić information content (AvgIpc) is 2.22. The van der Waals surface area contributed by atoms with E-state index in [-0.39, 0.29) is 0 Å². The molecule has 1 rings (SSSR count). The first-order valence-electron chi connectivity index (χ1n) is 4.49. The van der Waals surface area contributed by atoms with E-state index in [1.54, 1.807) is 22.9 Å². The van der Waals surface area contributed by atoms with Crippen molar-refractivity contribution >= 4 is 37.9 Å². The highest BCUT2D eigenvalue weighted by Crippen LogP contribution is 2.20. The number of amides is 1. The summed E-state index contributed by atoms with van der Waals surface area (Å²) in [6.45, 7) is 1.82. The fourth-order valence-corrected chi connectivity index (χ4v) is 2.08. The molecule has 8 heteroatoms. The van der Waals surface area contributed by atoms with Crippen molar-refractivity contribution in [2.45, 2.75) is 6.92 Å². The minimum Gasteiger partial charge on any atom is -0.452 e. The average molecular weight is 323 g/mol. The first kappa shape index (κ1) is 13.8. The second kappa shape index (κ2) is 5.37. The van der Waals surface area contributed by atoms with Crippen LogP contribution in [0.15, 0.2) is 22.7 Å². The van der Waals surface area contributed by atoms with Gasteiger partial charge in [0.25, 0.3) is 0 Å². The zero-order valence-electron chi connectivity index (χ0n) is 9.15. The summed E-state index contributed by atoms with van der Waals surface area (Å²) < 4.78 is 31.8. The molecule has 17 heavy (non-hydrogen) atoms. The van der Waals surface area contributed by atoms with Gasteiger partial charge < -0.3 is 4.74 Å². The van der Waals surface area contributed by atoms with E-state index in [9.17, 15) is 13.2 Å². The van der Waals surface area contributed by atoms with Crippen LogP contribution >= 0.6 is 15.9 Å². The number of ether oxygens (including phenoxy) is 1. The van der Waals surface area contributed by atoms with E-state index in [0.717, 1.165) is 17.1 Å². The number of halogens is 1. The van der Waals surface area contributed by atoms with Gasteiger partial charge >= 0.3 is 16.3 Å². The lowest BCUT2D eigenvalue weighted by Crippen LogP contribution is -2.35. The van der Waals surface area contributed by atoms with Gasteiger partial charge in [0.1, 0.15) is 0 Å².